The van der Waals surface area contributed by atoms with E-state index >= 15 is 4.39 Å². The van der Waals surface area contributed by atoms with Crippen molar-refractivity contribution in [2.24, 2.45) is 0 Å². The van der Waals surface area contributed by atoms with Crippen molar-refractivity contribution in [3.63, 3.8) is 0 Å². The summed E-state index contributed by atoms with van der Waals surface area (Å²) in [5, 5.41) is 0.791. The van der Waals surface area contributed by atoms with Gasteiger partial charge in [-0.3, -0.25) is 9.52 Å². The monoisotopic (exact) mass is 553 g/mol. The first kappa shape index (κ1) is 28.6. The summed E-state index contributed by atoms with van der Waals surface area (Å²) < 4.78 is 49.8. The molecule has 4 aromatic rings. The smallest absolute Gasteiger partial charge is 0.310 e. The summed E-state index contributed by atoms with van der Waals surface area (Å²) in [6.07, 6.45) is 1.66. The van der Waals surface area contributed by atoms with Gasteiger partial charge < -0.3 is 13.9 Å². The summed E-state index contributed by atoms with van der Waals surface area (Å²) >= 11 is 1.37. The molecule has 0 amide bonds. The van der Waals surface area contributed by atoms with E-state index in [-0.39, 0.29) is 29.3 Å². The van der Waals surface area contributed by atoms with E-state index in [1.165, 1.54) is 11.9 Å². The Hall–Kier alpha value is -3.36. The van der Waals surface area contributed by atoms with Crippen molar-refractivity contribution >= 4 is 28.9 Å². The highest BCUT2D eigenvalue weighted by Gasteiger charge is 2.23. The lowest BCUT2D eigenvalue weighted by Gasteiger charge is -2.23. The van der Waals surface area contributed by atoms with Crippen LogP contribution in [-0.4, -0.2) is 24.0 Å². The Labute approximate surface area is 232 Å². The van der Waals surface area contributed by atoms with Gasteiger partial charge in [-0.15, -0.1) is 0 Å². The van der Waals surface area contributed by atoms with E-state index < -0.39 is 18.5 Å². The third kappa shape index (κ3) is 7.19. The standard InChI is InChI=1S/C31H33F2NO4S/c1-5-36-28(35)17-21-9-6-7-12-27(21)38-19-20-15-22-13-14-37-30(22)25(16-20)23-10-8-11-24(29(23)33)26(18-32)34-39-31(2,3)4/h6-16,26,34H,5,17-19H2,1-4H3. The number of alkyl halides is 1. The Morgan fingerprint density at radius 2 is 1.87 bits per heavy atom. The summed E-state index contributed by atoms with van der Waals surface area (Å²) in [5.74, 6) is -0.258. The van der Waals surface area contributed by atoms with Crippen LogP contribution < -0.4 is 9.46 Å². The van der Waals surface area contributed by atoms with Crippen LogP contribution in [0.5, 0.6) is 5.75 Å². The van der Waals surface area contributed by atoms with Gasteiger partial charge in [0.05, 0.1) is 25.3 Å². The third-order valence-electron chi connectivity index (χ3n) is 5.97. The molecule has 0 fully saturated rings. The second-order valence-electron chi connectivity index (χ2n) is 10.1. The van der Waals surface area contributed by atoms with Crippen molar-refractivity contribution in [2.45, 2.75) is 51.5 Å². The molecule has 5 nitrogen and oxygen atoms in total. The lowest BCUT2D eigenvalue weighted by atomic mass is 9.96. The average Bonchev–Trinajstić information content (AvgIpc) is 3.37. The maximum Gasteiger partial charge on any atom is 0.310 e. The van der Waals surface area contributed by atoms with Gasteiger partial charge in [0.2, 0.25) is 0 Å². The molecule has 206 valence electrons. The van der Waals surface area contributed by atoms with Gasteiger partial charge >= 0.3 is 5.97 Å². The van der Waals surface area contributed by atoms with E-state index in [0.717, 1.165) is 16.5 Å². The van der Waals surface area contributed by atoms with Crippen LogP contribution in [0.3, 0.4) is 0 Å². The predicted molar refractivity (Wildman–Crippen MR) is 152 cm³/mol. The molecule has 0 aliphatic heterocycles. The summed E-state index contributed by atoms with van der Waals surface area (Å²) in [5.41, 5.74) is 3.16. The molecule has 0 aliphatic carbocycles. The van der Waals surface area contributed by atoms with Crippen molar-refractivity contribution in [1.82, 2.24) is 4.72 Å². The molecule has 3 aromatic carbocycles. The van der Waals surface area contributed by atoms with Crippen molar-refractivity contribution in [3.8, 4) is 16.9 Å². The number of ether oxygens (including phenoxy) is 2. The van der Waals surface area contributed by atoms with Gasteiger partial charge in [0.25, 0.3) is 0 Å². The number of rotatable bonds is 11. The molecular formula is C31H33F2NO4S. The topological polar surface area (TPSA) is 60.7 Å². The first-order chi connectivity index (χ1) is 18.7. The van der Waals surface area contributed by atoms with E-state index in [4.69, 9.17) is 13.9 Å². The number of halogens is 2. The quantitative estimate of drug-likeness (QED) is 0.150. The first-order valence-corrected chi connectivity index (χ1v) is 13.7. The Balaban J connectivity index is 1.64. The van der Waals surface area contributed by atoms with Gasteiger partial charge in [0, 0.05) is 32.4 Å². The summed E-state index contributed by atoms with van der Waals surface area (Å²) in [4.78, 5) is 12.0. The predicted octanol–water partition coefficient (Wildman–Crippen LogP) is 7.97. The molecule has 1 unspecified atom stereocenters. The minimum Gasteiger partial charge on any atom is -0.489 e. The Morgan fingerprint density at radius 3 is 2.62 bits per heavy atom. The fourth-order valence-electron chi connectivity index (χ4n) is 4.20. The summed E-state index contributed by atoms with van der Waals surface area (Å²) in [6.45, 7) is 7.52. The van der Waals surface area contributed by atoms with Crippen molar-refractivity contribution in [2.75, 3.05) is 13.3 Å². The van der Waals surface area contributed by atoms with Gasteiger partial charge in [-0.2, -0.15) is 0 Å². The van der Waals surface area contributed by atoms with Crippen LogP contribution in [-0.2, 0) is 22.6 Å². The number of carbonyl (C=O) groups is 1. The molecule has 4 rings (SSSR count). The number of nitrogens with one attached hydrogen (secondary N) is 1. The van der Waals surface area contributed by atoms with Crippen LogP contribution >= 0.6 is 11.9 Å². The van der Waals surface area contributed by atoms with E-state index in [1.807, 2.05) is 57.2 Å². The second kappa shape index (κ2) is 12.7. The van der Waals surface area contributed by atoms with E-state index in [0.29, 0.717) is 29.1 Å². The van der Waals surface area contributed by atoms with Gasteiger partial charge in [-0.1, -0.05) is 48.3 Å². The number of hydrogen-bond donors (Lipinski definition) is 1. The van der Waals surface area contributed by atoms with Crippen molar-refractivity contribution in [1.29, 1.82) is 0 Å². The molecule has 1 aromatic heterocycles. The molecule has 1 atom stereocenters. The molecule has 0 bridgehead atoms. The van der Waals surface area contributed by atoms with Crippen LogP contribution in [0.25, 0.3) is 22.1 Å². The first-order valence-electron chi connectivity index (χ1n) is 12.8. The number of carbonyl (C=O) groups excluding carboxylic acids is 1. The molecule has 0 spiro atoms. The average molecular weight is 554 g/mol. The lowest BCUT2D eigenvalue weighted by molar-refractivity contribution is -0.142. The molecule has 8 heteroatoms. The highest BCUT2D eigenvalue weighted by Crippen LogP contribution is 2.36. The number of esters is 1. The Morgan fingerprint density at radius 1 is 1.08 bits per heavy atom. The molecule has 1 heterocycles. The van der Waals surface area contributed by atoms with Gasteiger partial charge in [0.1, 0.15) is 30.4 Å². The van der Waals surface area contributed by atoms with Crippen molar-refractivity contribution < 1.29 is 27.5 Å². The summed E-state index contributed by atoms with van der Waals surface area (Å²) in [7, 11) is 0. The molecule has 0 saturated heterocycles. The van der Waals surface area contributed by atoms with Gasteiger partial charge in [-0.25, -0.2) is 8.78 Å². The van der Waals surface area contributed by atoms with Crippen molar-refractivity contribution in [3.05, 3.63) is 89.4 Å². The third-order valence-corrected chi connectivity index (χ3v) is 6.99. The Bertz CT molecular complexity index is 1430. The van der Waals surface area contributed by atoms with E-state index in [1.54, 1.807) is 37.5 Å². The highest BCUT2D eigenvalue weighted by molar-refractivity contribution is 7.98. The van der Waals surface area contributed by atoms with Crippen LogP contribution in [0.4, 0.5) is 8.78 Å². The fourth-order valence-corrected chi connectivity index (χ4v) is 4.89. The SMILES string of the molecule is CCOC(=O)Cc1ccccc1OCc1cc(-c2cccc(C(CF)NSC(C)(C)C)c2F)c2occc2c1. The summed E-state index contributed by atoms with van der Waals surface area (Å²) in [6, 6.07) is 17.0. The van der Waals surface area contributed by atoms with Crippen LogP contribution in [0, 0.1) is 5.82 Å². The minimum absolute atomic E-state index is 0.102. The van der Waals surface area contributed by atoms with Crippen LogP contribution in [0.2, 0.25) is 0 Å². The maximum absolute atomic E-state index is 15.9. The van der Waals surface area contributed by atoms with E-state index in [2.05, 4.69) is 4.72 Å². The van der Waals surface area contributed by atoms with Crippen LogP contribution in [0.15, 0.2) is 71.3 Å². The molecular weight excluding hydrogens is 520 g/mol. The zero-order valence-electron chi connectivity index (χ0n) is 22.6. The molecule has 1 N–H and O–H groups in total. The van der Waals surface area contributed by atoms with Gasteiger partial charge in [0.15, 0.2) is 0 Å². The number of fused-ring (bicyclic) bond motifs is 1. The molecule has 0 radical (unpaired) electrons. The normalized spacial score (nSPS) is 12.5. The maximum atomic E-state index is 15.9. The number of para-hydroxylation sites is 1. The second-order valence-corrected chi connectivity index (χ2v) is 11.8. The molecule has 0 aliphatic rings. The van der Waals surface area contributed by atoms with Crippen LogP contribution in [0.1, 0.15) is 50.4 Å². The Kier molecular flexibility index (Phi) is 9.30. The number of furan rings is 1. The molecule has 39 heavy (non-hydrogen) atoms. The largest absolute Gasteiger partial charge is 0.489 e. The van der Waals surface area contributed by atoms with Gasteiger partial charge in [-0.05, 0) is 57.5 Å². The lowest BCUT2D eigenvalue weighted by Crippen LogP contribution is -2.24. The zero-order valence-corrected chi connectivity index (χ0v) is 23.4. The minimum atomic E-state index is -0.802. The van der Waals surface area contributed by atoms with E-state index in [9.17, 15) is 9.18 Å². The number of benzene rings is 3. The zero-order chi connectivity index (χ0) is 28.0. The fraction of sp³-hybridized carbons (Fsp3) is 0.323. The molecule has 0 saturated carbocycles. The highest BCUT2D eigenvalue weighted by atomic mass is 32.2. The number of hydrogen-bond acceptors (Lipinski definition) is 6.